The number of hydrogen-bond donors (Lipinski definition) is 0. The van der Waals surface area contributed by atoms with E-state index in [1.54, 1.807) is 22.9 Å². The molecule has 0 saturated heterocycles. The van der Waals surface area contributed by atoms with Gasteiger partial charge in [0.25, 0.3) is 0 Å². The SMILES string of the molecule is Cn1n[c]cc1-c1cc(Cl)ccc1Cl. The van der Waals surface area contributed by atoms with Crippen LogP contribution < -0.4 is 0 Å². The van der Waals surface area contributed by atoms with Crippen molar-refractivity contribution >= 4 is 23.2 Å². The van der Waals surface area contributed by atoms with E-state index >= 15 is 0 Å². The first-order valence-electron chi connectivity index (χ1n) is 4.04. The molecule has 1 aromatic heterocycles. The minimum absolute atomic E-state index is 0.658. The third-order valence-electron chi connectivity index (χ3n) is 1.96. The van der Waals surface area contributed by atoms with Crippen LogP contribution in [0.15, 0.2) is 24.3 Å². The molecule has 0 bridgehead atoms. The molecule has 0 N–H and O–H groups in total. The van der Waals surface area contributed by atoms with E-state index in [1.807, 2.05) is 13.1 Å². The highest BCUT2D eigenvalue weighted by molar-refractivity contribution is 6.35. The Bertz CT molecular complexity index is 463. The smallest absolute Gasteiger partial charge is 0.113 e. The van der Waals surface area contributed by atoms with Crippen molar-refractivity contribution in [2.24, 2.45) is 7.05 Å². The van der Waals surface area contributed by atoms with E-state index in [2.05, 4.69) is 11.3 Å². The molecule has 1 radical (unpaired) electrons. The summed E-state index contributed by atoms with van der Waals surface area (Å²) in [4.78, 5) is 0. The fourth-order valence-corrected chi connectivity index (χ4v) is 1.66. The van der Waals surface area contributed by atoms with Gasteiger partial charge in [-0.2, -0.15) is 5.10 Å². The molecule has 71 valence electrons. The van der Waals surface area contributed by atoms with Crippen molar-refractivity contribution in [3.8, 4) is 11.3 Å². The largest absolute Gasteiger partial charge is 0.267 e. The summed E-state index contributed by atoms with van der Waals surface area (Å²) in [7, 11) is 1.84. The Kier molecular flexibility index (Phi) is 2.48. The van der Waals surface area contributed by atoms with Crippen LogP contribution in [0.3, 0.4) is 0 Å². The maximum absolute atomic E-state index is 6.05. The lowest BCUT2D eigenvalue weighted by molar-refractivity contribution is 0.773. The first-order valence-corrected chi connectivity index (χ1v) is 4.79. The van der Waals surface area contributed by atoms with Crippen molar-refractivity contribution in [2.45, 2.75) is 0 Å². The van der Waals surface area contributed by atoms with Crippen molar-refractivity contribution in [1.29, 1.82) is 0 Å². The van der Waals surface area contributed by atoms with Crippen molar-refractivity contribution < 1.29 is 0 Å². The predicted molar refractivity (Wildman–Crippen MR) is 57.5 cm³/mol. The van der Waals surface area contributed by atoms with Crippen LogP contribution in [0.5, 0.6) is 0 Å². The molecule has 0 aliphatic carbocycles. The number of halogens is 2. The van der Waals surface area contributed by atoms with Crippen LogP contribution in [0, 0.1) is 6.20 Å². The third-order valence-corrected chi connectivity index (χ3v) is 2.53. The monoisotopic (exact) mass is 225 g/mol. The third kappa shape index (κ3) is 1.63. The number of benzene rings is 1. The molecular weight excluding hydrogens is 219 g/mol. The summed E-state index contributed by atoms with van der Waals surface area (Å²) in [6, 6.07) is 7.12. The van der Waals surface area contributed by atoms with Gasteiger partial charge in [0.2, 0.25) is 0 Å². The van der Waals surface area contributed by atoms with Crippen LogP contribution in [-0.2, 0) is 7.05 Å². The highest BCUT2D eigenvalue weighted by Crippen LogP contribution is 2.29. The highest BCUT2D eigenvalue weighted by atomic mass is 35.5. The van der Waals surface area contributed by atoms with Crippen LogP contribution in [0.4, 0.5) is 0 Å². The summed E-state index contributed by atoms with van der Waals surface area (Å²) < 4.78 is 1.71. The van der Waals surface area contributed by atoms with Crippen LogP contribution in [0.2, 0.25) is 10.0 Å². The first-order chi connectivity index (χ1) is 6.68. The van der Waals surface area contributed by atoms with Crippen molar-refractivity contribution in [3.05, 3.63) is 40.5 Å². The number of aryl methyl sites for hydroxylation is 1. The van der Waals surface area contributed by atoms with E-state index in [-0.39, 0.29) is 0 Å². The Hall–Kier alpha value is -0.990. The Morgan fingerprint density at radius 2 is 2.14 bits per heavy atom. The molecule has 1 heterocycles. The molecule has 0 fully saturated rings. The average molecular weight is 226 g/mol. The average Bonchev–Trinajstić information content (AvgIpc) is 2.56. The maximum Gasteiger partial charge on any atom is 0.113 e. The molecule has 0 spiro atoms. The van der Waals surface area contributed by atoms with E-state index < -0.39 is 0 Å². The summed E-state index contributed by atoms with van der Waals surface area (Å²) in [5.41, 5.74) is 1.77. The van der Waals surface area contributed by atoms with Gasteiger partial charge in [-0.25, -0.2) is 0 Å². The van der Waals surface area contributed by atoms with Gasteiger partial charge >= 0.3 is 0 Å². The number of rotatable bonds is 1. The summed E-state index contributed by atoms with van der Waals surface area (Å²) in [5, 5.41) is 5.27. The summed E-state index contributed by atoms with van der Waals surface area (Å²) in [6.45, 7) is 0. The second kappa shape index (κ2) is 3.64. The lowest BCUT2D eigenvalue weighted by atomic mass is 10.1. The van der Waals surface area contributed by atoms with Gasteiger partial charge in [-0.15, -0.1) is 0 Å². The zero-order valence-corrected chi connectivity index (χ0v) is 8.97. The molecule has 2 aromatic rings. The fraction of sp³-hybridized carbons (Fsp3) is 0.100. The zero-order chi connectivity index (χ0) is 10.1. The second-order valence-electron chi connectivity index (χ2n) is 2.91. The standard InChI is InChI=1S/C10H7Cl2N2/c1-14-10(4-5-13-14)8-6-7(11)2-3-9(8)12/h2-4,6H,1H3. The second-order valence-corrected chi connectivity index (χ2v) is 3.75. The molecule has 1 aromatic carbocycles. The van der Waals surface area contributed by atoms with Crippen LogP contribution in [0.1, 0.15) is 0 Å². The predicted octanol–water partition coefficient (Wildman–Crippen LogP) is 3.19. The maximum atomic E-state index is 6.05. The van der Waals surface area contributed by atoms with Gasteiger partial charge in [0.05, 0.1) is 10.7 Å². The molecule has 0 saturated carbocycles. The Morgan fingerprint density at radius 1 is 1.36 bits per heavy atom. The number of nitrogens with zero attached hydrogens (tertiary/aromatic N) is 2. The zero-order valence-electron chi connectivity index (χ0n) is 7.46. The Balaban J connectivity index is 2.62. The Labute approximate surface area is 92.1 Å². The van der Waals surface area contributed by atoms with Crippen molar-refractivity contribution in [1.82, 2.24) is 9.78 Å². The summed E-state index contributed by atoms with van der Waals surface area (Å²) >= 11 is 11.9. The molecule has 0 atom stereocenters. The molecular formula is C10H7Cl2N2. The molecule has 14 heavy (non-hydrogen) atoms. The minimum Gasteiger partial charge on any atom is -0.267 e. The Morgan fingerprint density at radius 3 is 2.79 bits per heavy atom. The molecule has 0 unspecified atom stereocenters. The van der Waals surface area contributed by atoms with E-state index in [1.165, 1.54) is 0 Å². The lowest BCUT2D eigenvalue weighted by Crippen LogP contribution is -1.93. The summed E-state index contributed by atoms with van der Waals surface area (Å²) in [6.07, 6.45) is 2.75. The van der Waals surface area contributed by atoms with E-state index in [0.717, 1.165) is 11.3 Å². The molecule has 2 nitrogen and oxygen atoms in total. The molecule has 0 aliphatic rings. The normalized spacial score (nSPS) is 10.5. The van der Waals surface area contributed by atoms with Gasteiger partial charge in [0.15, 0.2) is 0 Å². The van der Waals surface area contributed by atoms with Gasteiger partial charge in [-0.1, -0.05) is 23.2 Å². The van der Waals surface area contributed by atoms with Crippen molar-refractivity contribution in [3.63, 3.8) is 0 Å². The van der Waals surface area contributed by atoms with Gasteiger partial charge in [-0.3, -0.25) is 4.68 Å². The molecule has 0 aliphatic heterocycles. The van der Waals surface area contributed by atoms with E-state index in [4.69, 9.17) is 23.2 Å². The topological polar surface area (TPSA) is 17.8 Å². The van der Waals surface area contributed by atoms with E-state index in [9.17, 15) is 0 Å². The highest BCUT2D eigenvalue weighted by Gasteiger charge is 2.07. The minimum atomic E-state index is 0.658. The van der Waals surface area contributed by atoms with Gasteiger partial charge < -0.3 is 0 Å². The molecule has 2 rings (SSSR count). The van der Waals surface area contributed by atoms with Crippen LogP contribution in [0.25, 0.3) is 11.3 Å². The first kappa shape index (κ1) is 9.56. The quantitative estimate of drug-likeness (QED) is 0.730. The van der Waals surface area contributed by atoms with Crippen molar-refractivity contribution in [2.75, 3.05) is 0 Å². The lowest BCUT2D eigenvalue weighted by Gasteiger charge is -2.04. The van der Waals surface area contributed by atoms with Gasteiger partial charge in [-0.05, 0) is 24.3 Å². The number of hydrogen-bond acceptors (Lipinski definition) is 1. The van der Waals surface area contributed by atoms with Crippen LogP contribution in [-0.4, -0.2) is 9.78 Å². The molecule has 0 amide bonds. The van der Waals surface area contributed by atoms with Gasteiger partial charge in [0.1, 0.15) is 6.20 Å². The number of aromatic nitrogens is 2. The molecule has 4 heteroatoms. The van der Waals surface area contributed by atoms with E-state index in [0.29, 0.717) is 10.0 Å². The fourth-order valence-electron chi connectivity index (χ4n) is 1.27. The summed E-state index contributed by atoms with van der Waals surface area (Å²) in [5.74, 6) is 0. The van der Waals surface area contributed by atoms with Crippen LogP contribution >= 0.6 is 23.2 Å². The van der Waals surface area contributed by atoms with Gasteiger partial charge in [0, 0.05) is 17.6 Å².